The van der Waals surface area contributed by atoms with Crippen LogP contribution in [0.3, 0.4) is 0 Å². The van der Waals surface area contributed by atoms with Crippen LogP contribution < -0.4 is 16.0 Å². The highest BCUT2D eigenvalue weighted by Crippen LogP contribution is 2.29. The van der Waals surface area contributed by atoms with Crippen LogP contribution in [-0.4, -0.2) is 275 Å². The van der Waals surface area contributed by atoms with E-state index in [1.807, 2.05) is 27.7 Å². The van der Waals surface area contributed by atoms with Gasteiger partial charge >= 0.3 is 0 Å². The molecular formula is C69H117N13O14. The van der Waals surface area contributed by atoms with Crippen LogP contribution in [-0.2, 0) is 62.2 Å². The van der Waals surface area contributed by atoms with E-state index in [0.717, 1.165) is 50.6 Å². The van der Waals surface area contributed by atoms with Crippen molar-refractivity contribution in [2.75, 3.05) is 81.7 Å². The summed E-state index contributed by atoms with van der Waals surface area (Å²) in [5.74, 6) is -9.04. The lowest BCUT2D eigenvalue weighted by molar-refractivity contribution is -0.192. The molecule has 0 saturated carbocycles. The molecule has 0 aromatic carbocycles. The molecule has 3 aliphatic heterocycles. The number of nitrogens with zero attached hydrogens (tertiary/aromatic N) is 10. The van der Waals surface area contributed by atoms with Crippen molar-refractivity contribution in [3.63, 3.8) is 0 Å². The number of rotatable bonds is 20. The number of nitrogens with one attached hydrogen (secondary N) is 3. The summed E-state index contributed by atoms with van der Waals surface area (Å²) in [5, 5.41) is 30.3. The third-order valence-corrected chi connectivity index (χ3v) is 19.2. The van der Waals surface area contributed by atoms with Gasteiger partial charge in [0.2, 0.25) is 53.2 Å². The Labute approximate surface area is 571 Å². The van der Waals surface area contributed by atoms with Crippen LogP contribution >= 0.6 is 0 Å². The van der Waals surface area contributed by atoms with Crippen molar-refractivity contribution < 1.29 is 67.4 Å². The molecule has 2 bridgehead atoms. The van der Waals surface area contributed by atoms with Gasteiger partial charge in [0.25, 0.3) is 11.8 Å². The van der Waals surface area contributed by atoms with Crippen LogP contribution in [0.1, 0.15) is 168 Å². The normalized spacial score (nSPS) is 28.1. The lowest BCUT2D eigenvalue weighted by Crippen LogP contribution is -2.65. The summed E-state index contributed by atoms with van der Waals surface area (Å²) in [6.45, 7) is 27.1. The first-order valence-electron chi connectivity index (χ1n) is 34.5. The molecule has 27 nitrogen and oxygen atoms in total. The molecule has 542 valence electrons. The number of amides is 11. The zero-order valence-electron chi connectivity index (χ0n) is 61.2. The molecule has 4 N–H and O–H groups in total. The van der Waals surface area contributed by atoms with Crippen LogP contribution in [0.25, 0.3) is 0 Å². The molecule has 2 unspecified atom stereocenters. The van der Waals surface area contributed by atoms with Crippen molar-refractivity contribution in [1.82, 2.24) is 60.2 Å². The smallest absolute Gasteiger partial charge is 0.269 e. The fourth-order valence-electron chi connectivity index (χ4n) is 13.1. The second-order valence-corrected chi connectivity index (χ2v) is 28.2. The van der Waals surface area contributed by atoms with Gasteiger partial charge in [-0.3, -0.25) is 62.8 Å². The van der Waals surface area contributed by atoms with Crippen molar-refractivity contribution in [3.05, 3.63) is 0 Å². The lowest BCUT2D eigenvalue weighted by atomic mass is 9.92. The molecule has 3 fully saturated rings. The summed E-state index contributed by atoms with van der Waals surface area (Å²) in [5.41, 5.74) is 0. The maximum absolute atomic E-state index is 15.6. The summed E-state index contributed by atoms with van der Waals surface area (Å²) < 4.78 is 11.9. The number of carbonyl (C=O) groups excluding carboxylic acids is 11. The minimum Gasteiger partial charge on any atom is -0.379 e. The SMILES string of the molecule is C#C[C@@H]1C(=O)N(C)[C@@H](CC(C)C)C(=O)N(C)[C@H]2CC(C)N1C(=O)[C@H](C)NC(=O)[C@H](CC(C)C)N(C)C(=O)[C@H](C(C)C)NC(=O)C([C@@H](C)OCCCCN1CCOCC1)N(C)C(=O)[C@@H](C)N(C)C(=O)[C@H](CC)NC(=O)[C@H]([C@H](C)CCCCCC#N)N(O)C(=O)[C@H](C(C)C)N(C)C2=O. The molecule has 3 rings (SSSR count). The molecule has 96 heavy (non-hydrogen) atoms. The van der Waals surface area contributed by atoms with E-state index < -0.39 is 161 Å². The highest BCUT2D eigenvalue weighted by Gasteiger charge is 2.49. The van der Waals surface area contributed by atoms with Crippen molar-refractivity contribution in [1.29, 1.82) is 5.26 Å². The first-order valence-corrected chi connectivity index (χ1v) is 34.5. The maximum atomic E-state index is 15.6. The number of terminal acetylenes is 1. The first kappa shape index (κ1) is 83.3. The quantitative estimate of drug-likeness (QED) is 0.0773. The van der Waals surface area contributed by atoms with E-state index in [1.54, 1.807) is 48.5 Å². The van der Waals surface area contributed by atoms with Crippen LogP contribution in [0.4, 0.5) is 0 Å². The fraction of sp³-hybridized carbons (Fsp3) is 0.797. The molecule has 14 atom stereocenters. The van der Waals surface area contributed by atoms with E-state index in [2.05, 4.69) is 32.8 Å². The molecule has 27 heteroatoms. The largest absolute Gasteiger partial charge is 0.379 e. The van der Waals surface area contributed by atoms with E-state index >= 15 is 28.8 Å². The number of morpholine rings is 1. The Kier molecular flexibility index (Phi) is 33.7. The summed E-state index contributed by atoms with van der Waals surface area (Å²) >= 11 is 0. The summed E-state index contributed by atoms with van der Waals surface area (Å²) in [6.07, 6.45) is 8.44. The molecule has 3 heterocycles. The Bertz CT molecular complexity index is 2750. The van der Waals surface area contributed by atoms with E-state index in [-0.39, 0.29) is 62.0 Å². The molecule has 3 saturated heterocycles. The Balaban J connectivity index is 2.42. The van der Waals surface area contributed by atoms with Gasteiger partial charge in [0.15, 0.2) is 6.04 Å². The van der Waals surface area contributed by atoms with Crippen molar-refractivity contribution in [2.45, 2.75) is 246 Å². The third kappa shape index (κ3) is 21.8. The number of ether oxygens (including phenoxy) is 2. The Morgan fingerprint density at radius 3 is 1.72 bits per heavy atom. The van der Waals surface area contributed by atoms with Crippen LogP contribution in [0.15, 0.2) is 0 Å². The molecule has 0 aromatic heterocycles. The van der Waals surface area contributed by atoms with Gasteiger partial charge in [0.05, 0.1) is 25.4 Å². The van der Waals surface area contributed by atoms with Gasteiger partial charge in [0, 0.05) is 74.4 Å². The number of hydrogen-bond acceptors (Lipinski definition) is 16. The number of fused-ring (bicyclic) bond motifs is 3. The first-order chi connectivity index (χ1) is 44.9. The standard InChI is InChI=1S/C69H117N13O14/c1-22-50-64(88)74(16)48(14)63(87)79(21)58(49(15)96-35-29-28-32-80-33-36-95-37-34-80)61(85)73-55(43(7)8)68(92)75(17)52(38-41(3)4)59(83)71-47(13)62(86)81-46(12)40-54(77(19)66(90)53(39-42(5)6)76(18)65(89)51(81)23-2)67(91)78(20)56(44(9)10)69(93)82(94)57(60(84)72-50)45(11)30-26-24-25-27-31-70/h2,41-58,94H,22,24-30,32-40H2,1,3-21H3,(H,71,83)(H,72,84)(H,73,85)/t45-,46?,47+,48-,49-,50+,51-,52+,53+,54+,55+,56+,57+,58?/m1/s1. The predicted octanol–water partition coefficient (Wildman–Crippen LogP) is 3.11. The maximum Gasteiger partial charge on any atom is 0.269 e. The number of hydroxylamine groups is 2. The van der Waals surface area contributed by atoms with Crippen LogP contribution in [0.5, 0.6) is 0 Å². The summed E-state index contributed by atoms with van der Waals surface area (Å²) in [6, 6.07) is -14.8. The topological polar surface area (TPSA) is 316 Å². The van der Waals surface area contributed by atoms with Gasteiger partial charge in [-0.25, -0.2) is 5.06 Å². The van der Waals surface area contributed by atoms with Crippen molar-refractivity contribution in [2.24, 2.45) is 29.6 Å². The van der Waals surface area contributed by atoms with Gasteiger partial charge in [-0.2, -0.15) is 5.26 Å². The molecule has 0 aliphatic carbocycles. The van der Waals surface area contributed by atoms with E-state index in [4.69, 9.17) is 15.9 Å². The number of hydrogen-bond donors (Lipinski definition) is 4. The second kappa shape index (κ2) is 38.9. The third-order valence-electron chi connectivity index (χ3n) is 19.2. The van der Waals surface area contributed by atoms with Gasteiger partial charge in [-0.05, 0) is 115 Å². The Morgan fingerprint density at radius 2 is 1.17 bits per heavy atom. The second-order valence-electron chi connectivity index (χ2n) is 28.2. The Morgan fingerprint density at radius 1 is 0.594 bits per heavy atom. The zero-order chi connectivity index (χ0) is 72.9. The highest BCUT2D eigenvalue weighted by molar-refractivity contribution is 6.00. The molecule has 0 aromatic rings. The molecule has 0 radical (unpaired) electrons. The average molecular weight is 1350 g/mol. The van der Waals surface area contributed by atoms with Gasteiger partial charge in [-0.1, -0.05) is 88.0 Å². The highest BCUT2D eigenvalue weighted by atomic mass is 16.5. The average Bonchev–Trinajstić information content (AvgIpc) is 0.791. The minimum absolute atomic E-state index is 0.0373. The summed E-state index contributed by atoms with van der Waals surface area (Å²) in [4.78, 5) is 176. The van der Waals surface area contributed by atoms with Crippen molar-refractivity contribution in [3.8, 4) is 18.4 Å². The number of unbranched alkanes of at least 4 members (excludes halogenated alkanes) is 4. The lowest BCUT2D eigenvalue weighted by Gasteiger charge is -2.44. The van der Waals surface area contributed by atoms with Crippen LogP contribution in [0, 0.1) is 53.3 Å². The zero-order valence-corrected chi connectivity index (χ0v) is 61.2. The Hall–Kier alpha value is -6.94. The fourth-order valence-corrected chi connectivity index (χ4v) is 13.1. The van der Waals surface area contributed by atoms with Crippen LogP contribution in [0.2, 0.25) is 0 Å². The predicted molar refractivity (Wildman–Crippen MR) is 361 cm³/mol. The van der Waals surface area contributed by atoms with E-state index in [9.17, 15) is 34.4 Å². The van der Waals surface area contributed by atoms with E-state index in [0.29, 0.717) is 38.9 Å². The van der Waals surface area contributed by atoms with Gasteiger partial charge in [0.1, 0.15) is 60.4 Å². The van der Waals surface area contributed by atoms with Gasteiger partial charge < -0.3 is 59.7 Å². The molecular weight excluding hydrogens is 1230 g/mol. The summed E-state index contributed by atoms with van der Waals surface area (Å²) in [7, 11) is 8.23. The number of nitriles is 1. The number of carbonyl (C=O) groups is 11. The number of likely N-dealkylation sites (N-methyl/N-ethyl adjacent to an activating group) is 6. The van der Waals surface area contributed by atoms with Gasteiger partial charge in [-0.15, -0.1) is 6.42 Å². The molecule has 3 aliphatic rings. The molecule has 11 amide bonds. The monoisotopic (exact) mass is 1350 g/mol. The van der Waals surface area contributed by atoms with E-state index in [1.165, 1.54) is 72.9 Å². The minimum atomic E-state index is -1.70. The van der Waals surface area contributed by atoms with Crippen molar-refractivity contribution >= 4 is 65.0 Å². The molecule has 0 spiro atoms.